The molecule has 90 valence electrons. The zero-order valence-corrected chi connectivity index (χ0v) is 9.13. The first-order chi connectivity index (χ1) is 8.16. The minimum atomic E-state index is -1.31. The molecule has 1 aromatic rings. The van der Waals surface area contributed by atoms with Crippen LogP contribution in [0.3, 0.4) is 0 Å². The van der Waals surface area contributed by atoms with Crippen LogP contribution in [0, 0.1) is 0 Å². The Labute approximate surface area is 97.4 Å². The van der Waals surface area contributed by atoms with Gasteiger partial charge >= 0.3 is 0 Å². The van der Waals surface area contributed by atoms with Crippen molar-refractivity contribution in [2.75, 3.05) is 13.4 Å². The number of benzene rings is 1. The van der Waals surface area contributed by atoms with Crippen LogP contribution in [0.1, 0.15) is 12.5 Å². The number of carboxylic acids is 1. The number of fused-ring (bicyclic) bond motifs is 1. The minimum Gasteiger partial charge on any atom is -0.546 e. The first kappa shape index (κ1) is 11.3. The summed E-state index contributed by atoms with van der Waals surface area (Å²) in [6.45, 7) is 1.34. The lowest BCUT2D eigenvalue weighted by molar-refractivity contribution is -0.309. The number of ether oxygens (including phenoxy) is 2. The van der Waals surface area contributed by atoms with Gasteiger partial charge in [-0.3, -0.25) is 0 Å². The van der Waals surface area contributed by atoms with Crippen LogP contribution < -0.4 is 14.6 Å². The van der Waals surface area contributed by atoms with E-state index in [2.05, 4.69) is 9.99 Å². The van der Waals surface area contributed by atoms with Crippen LogP contribution in [0.2, 0.25) is 0 Å². The average molecular weight is 236 g/mol. The average Bonchev–Trinajstić information content (AvgIpc) is 2.75. The van der Waals surface area contributed by atoms with Crippen LogP contribution >= 0.6 is 0 Å². The Morgan fingerprint density at radius 2 is 2.24 bits per heavy atom. The third-order valence-electron chi connectivity index (χ3n) is 2.17. The number of hydrogen-bond donors (Lipinski definition) is 0. The molecule has 0 amide bonds. The van der Waals surface area contributed by atoms with Gasteiger partial charge in [-0.2, -0.15) is 0 Å². The summed E-state index contributed by atoms with van der Waals surface area (Å²) in [4.78, 5) is 14.7. The summed E-state index contributed by atoms with van der Waals surface area (Å²) < 4.78 is 10.4. The topological polar surface area (TPSA) is 80.2 Å². The smallest absolute Gasteiger partial charge is 0.231 e. The fourth-order valence-corrected chi connectivity index (χ4v) is 1.36. The highest BCUT2D eigenvalue weighted by molar-refractivity contribution is 5.98. The van der Waals surface area contributed by atoms with Crippen molar-refractivity contribution >= 4 is 11.7 Å². The minimum absolute atomic E-state index is 0.205. The molecule has 1 aromatic carbocycles. The summed E-state index contributed by atoms with van der Waals surface area (Å²) in [6, 6.07) is 5.30. The van der Waals surface area contributed by atoms with Crippen molar-refractivity contribution in [3.8, 4) is 11.5 Å². The first-order valence-electron chi connectivity index (χ1n) is 4.93. The van der Waals surface area contributed by atoms with Crippen LogP contribution in [0.4, 0.5) is 0 Å². The molecule has 0 saturated carbocycles. The summed E-state index contributed by atoms with van der Waals surface area (Å²) >= 11 is 0. The molecule has 0 spiro atoms. The molecule has 0 aliphatic carbocycles. The molecule has 2 rings (SSSR count). The molecule has 0 bridgehead atoms. The van der Waals surface area contributed by atoms with Crippen molar-refractivity contribution in [2.45, 2.75) is 6.92 Å². The molecule has 0 radical (unpaired) electrons. The number of carboxylic acid groups (broad SMARTS) is 1. The summed E-state index contributed by atoms with van der Waals surface area (Å²) in [5.74, 6) is 0.00129. The number of rotatable bonds is 4. The molecule has 6 nitrogen and oxygen atoms in total. The van der Waals surface area contributed by atoms with Gasteiger partial charge in [0.05, 0.1) is 11.7 Å². The highest BCUT2D eigenvalue weighted by atomic mass is 16.7. The van der Waals surface area contributed by atoms with Crippen LogP contribution in [0.15, 0.2) is 23.4 Å². The third-order valence-corrected chi connectivity index (χ3v) is 2.17. The SMILES string of the molecule is C/C(=N/OCC(=O)[O-])c1ccc2c(c1)OCO2. The standard InChI is InChI=1S/C11H11NO5/c1-7(12-17-5-11(13)14)8-2-3-9-10(4-8)16-6-15-9/h2-4H,5-6H2,1H3,(H,13,14)/p-1/b12-7-. The molecule has 1 aliphatic rings. The second-order valence-electron chi connectivity index (χ2n) is 3.39. The van der Waals surface area contributed by atoms with E-state index < -0.39 is 12.6 Å². The van der Waals surface area contributed by atoms with Crippen molar-refractivity contribution in [3.63, 3.8) is 0 Å². The molecular weight excluding hydrogens is 226 g/mol. The number of carbonyl (C=O) groups excluding carboxylic acids is 1. The van der Waals surface area contributed by atoms with Crippen molar-refractivity contribution in [1.82, 2.24) is 0 Å². The van der Waals surface area contributed by atoms with E-state index in [1.807, 2.05) is 0 Å². The summed E-state index contributed by atoms with van der Waals surface area (Å²) in [5.41, 5.74) is 1.32. The predicted molar refractivity (Wildman–Crippen MR) is 55.7 cm³/mol. The first-order valence-corrected chi connectivity index (χ1v) is 4.93. The van der Waals surface area contributed by atoms with E-state index in [1.165, 1.54) is 0 Å². The Morgan fingerprint density at radius 1 is 1.47 bits per heavy atom. The van der Waals surface area contributed by atoms with Crippen molar-refractivity contribution in [1.29, 1.82) is 0 Å². The van der Waals surface area contributed by atoms with E-state index in [0.717, 1.165) is 5.56 Å². The monoisotopic (exact) mass is 236 g/mol. The Hall–Kier alpha value is -2.24. The van der Waals surface area contributed by atoms with Gasteiger partial charge in [0, 0.05) is 5.56 Å². The molecule has 0 unspecified atom stereocenters. The largest absolute Gasteiger partial charge is 0.546 e. The van der Waals surface area contributed by atoms with Gasteiger partial charge in [-0.25, -0.2) is 0 Å². The molecule has 6 heteroatoms. The molecule has 0 fully saturated rings. The fourth-order valence-electron chi connectivity index (χ4n) is 1.36. The molecule has 0 atom stereocenters. The summed E-state index contributed by atoms with van der Waals surface area (Å²) in [6.07, 6.45) is 0. The van der Waals surface area contributed by atoms with Crippen molar-refractivity contribution in [2.24, 2.45) is 5.16 Å². The highest BCUT2D eigenvalue weighted by Crippen LogP contribution is 2.32. The van der Waals surface area contributed by atoms with Crippen LogP contribution in [-0.4, -0.2) is 25.1 Å². The third kappa shape index (κ3) is 2.66. The summed E-state index contributed by atoms with van der Waals surface area (Å²) in [7, 11) is 0. The number of nitrogens with zero attached hydrogens (tertiary/aromatic N) is 1. The van der Waals surface area contributed by atoms with Gasteiger partial charge in [0.25, 0.3) is 0 Å². The Morgan fingerprint density at radius 3 is 3.00 bits per heavy atom. The number of oxime groups is 1. The molecule has 1 aliphatic heterocycles. The quantitative estimate of drug-likeness (QED) is 0.539. The zero-order valence-electron chi connectivity index (χ0n) is 9.13. The van der Waals surface area contributed by atoms with E-state index in [-0.39, 0.29) is 6.79 Å². The van der Waals surface area contributed by atoms with Crippen molar-refractivity contribution in [3.05, 3.63) is 23.8 Å². The van der Waals surface area contributed by atoms with Gasteiger partial charge in [-0.1, -0.05) is 5.16 Å². The van der Waals surface area contributed by atoms with E-state index in [0.29, 0.717) is 17.2 Å². The zero-order chi connectivity index (χ0) is 12.3. The number of hydrogen-bond acceptors (Lipinski definition) is 6. The van der Waals surface area contributed by atoms with Gasteiger partial charge in [0.1, 0.15) is 0 Å². The van der Waals surface area contributed by atoms with E-state index in [1.54, 1.807) is 25.1 Å². The van der Waals surface area contributed by atoms with Crippen LogP contribution in [0.5, 0.6) is 11.5 Å². The summed E-state index contributed by atoms with van der Waals surface area (Å²) in [5, 5.41) is 13.8. The van der Waals surface area contributed by atoms with Crippen LogP contribution in [0.25, 0.3) is 0 Å². The van der Waals surface area contributed by atoms with E-state index >= 15 is 0 Å². The molecule has 1 heterocycles. The van der Waals surface area contributed by atoms with E-state index in [9.17, 15) is 9.90 Å². The lowest BCUT2D eigenvalue weighted by Crippen LogP contribution is -2.26. The molecule has 0 saturated heterocycles. The number of aliphatic carboxylic acids is 1. The number of carbonyl (C=O) groups is 1. The van der Waals surface area contributed by atoms with Gasteiger partial charge in [0.15, 0.2) is 18.1 Å². The maximum Gasteiger partial charge on any atom is 0.231 e. The lowest BCUT2D eigenvalue weighted by atomic mass is 10.1. The Bertz CT molecular complexity index is 469. The van der Waals surface area contributed by atoms with Crippen molar-refractivity contribution < 1.29 is 24.2 Å². The molecule has 0 N–H and O–H groups in total. The fraction of sp³-hybridized carbons (Fsp3) is 0.273. The second-order valence-corrected chi connectivity index (χ2v) is 3.39. The van der Waals surface area contributed by atoms with Gasteiger partial charge < -0.3 is 24.2 Å². The van der Waals surface area contributed by atoms with Gasteiger partial charge in [-0.15, -0.1) is 0 Å². The predicted octanol–water partition coefficient (Wildman–Crippen LogP) is -0.0942. The maximum atomic E-state index is 10.1. The molecular formula is C11H10NO5-. The lowest BCUT2D eigenvalue weighted by Gasteiger charge is -2.04. The Balaban J connectivity index is 2.08. The normalized spacial score (nSPS) is 13.6. The van der Waals surface area contributed by atoms with Gasteiger partial charge in [0.2, 0.25) is 6.79 Å². The van der Waals surface area contributed by atoms with E-state index in [4.69, 9.17) is 9.47 Å². The molecule has 0 aromatic heterocycles. The highest BCUT2D eigenvalue weighted by Gasteiger charge is 2.14. The molecule has 17 heavy (non-hydrogen) atoms. The van der Waals surface area contributed by atoms with Crippen LogP contribution in [-0.2, 0) is 9.63 Å². The Kier molecular flexibility index (Phi) is 3.13. The van der Waals surface area contributed by atoms with Gasteiger partial charge in [-0.05, 0) is 25.1 Å². The second kappa shape index (κ2) is 4.73. The maximum absolute atomic E-state index is 10.1.